The Labute approximate surface area is 180 Å². The molecule has 2 amide bonds. The van der Waals surface area contributed by atoms with Gasteiger partial charge in [0.25, 0.3) is 11.8 Å². The molecular formula is C22H20F6N2O2. The molecule has 1 aliphatic rings. The van der Waals surface area contributed by atoms with E-state index in [4.69, 9.17) is 0 Å². The van der Waals surface area contributed by atoms with Gasteiger partial charge in [0.1, 0.15) is 0 Å². The third kappa shape index (κ3) is 5.68. The number of amides is 2. The molecule has 0 spiro atoms. The summed E-state index contributed by atoms with van der Waals surface area (Å²) in [5.74, 6) is -2.75. The fraction of sp³-hybridized carbons (Fsp3) is 0.273. The molecule has 2 rings (SSSR count). The van der Waals surface area contributed by atoms with Crippen LogP contribution < -0.4 is 9.80 Å². The predicted octanol–water partition coefficient (Wildman–Crippen LogP) is 6.19. The van der Waals surface area contributed by atoms with Gasteiger partial charge in [-0.15, -0.1) is 26.3 Å². The maximum absolute atomic E-state index is 13.6. The lowest BCUT2D eigenvalue weighted by molar-refractivity contribution is -0.149. The van der Waals surface area contributed by atoms with Gasteiger partial charge in [0.15, 0.2) is 0 Å². The van der Waals surface area contributed by atoms with Crippen molar-refractivity contribution in [3.8, 4) is 0 Å². The quantitative estimate of drug-likeness (QED) is 0.229. The fourth-order valence-electron chi connectivity index (χ4n) is 3.01. The van der Waals surface area contributed by atoms with E-state index in [9.17, 15) is 35.9 Å². The lowest BCUT2D eigenvalue weighted by Gasteiger charge is -2.28. The van der Waals surface area contributed by atoms with E-state index < -0.39 is 45.6 Å². The Morgan fingerprint density at radius 1 is 0.875 bits per heavy atom. The molecule has 0 radical (unpaired) electrons. The van der Waals surface area contributed by atoms with Gasteiger partial charge in [-0.1, -0.05) is 36.5 Å². The van der Waals surface area contributed by atoms with E-state index in [1.807, 2.05) is 0 Å². The zero-order chi connectivity index (χ0) is 24.1. The van der Waals surface area contributed by atoms with Gasteiger partial charge in [-0.2, -0.15) is 0 Å². The average Bonchev–Trinajstić information content (AvgIpc) is 2.72. The van der Waals surface area contributed by atoms with Crippen LogP contribution in [0.25, 0.3) is 0 Å². The second-order valence-electron chi connectivity index (χ2n) is 6.62. The van der Waals surface area contributed by atoms with Crippen LogP contribution in [0, 0.1) is 0 Å². The summed E-state index contributed by atoms with van der Waals surface area (Å²) in [4.78, 5) is 24.0. The number of carbonyl (C=O) groups is 2. The van der Waals surface area contributed by atoms with Crippen molar-refractivity contribution >= 4 is 23.2 Å². The minimum absolute atomic E-state index is 0.172. The summed E-state index contributed by atoms with van der Waals surface area (Å²) >= 11 is 0. The SMILES string of the molecule is C/C=C\C(=C/C)C(=O)N(c1ccc(N(C(=O)C2=CCCC=C2)C(F)(F)F)cc1)C(F)(F)F. The van der Waals surface area contributed by atoms with Crippen molar-refractivity contribution in [2.45, 2.75) is 39.3 Å². The van der Waals surface area contributed by atoms with Crippen LogP contribution in [0.4, 0.5) is 37.7 Å². The number of rotatable bonds is 5. The molecule has 0 saturated heterocycles. The summed E-state index contributed by atoms with van der Waals surface area (Å²) in [5.41, 5.74) is -1.80. The number of halogens is 6. The molecule has 4 nitrogen and oxygen atoms in total. The molecular weight excluding hydrogens is 438 g/mol. The molecule has 1 aromatic rings. The zero-order valence-corrected chi connectivity index (χ0v) is 17.2. The summed E-state index contributed by atoms with van der Waals surface area (Å²) in [7, 11) is 0. The van der Waals surface area contributed by atoms with Crippen molar-refractivity contribution in [1.82, 2.24) is 0 Å². The summed E-state index contributed by atoms with van der Waals surface area (Å²) in [6, 6.07) is 2.84. The number of benzene rings is 1. The van der Waals surface area contributed by atoms with Crippen molar-refractivity contribution < 1.29 is 35.9 Å². The van der Waals surface area contributed by atoms with Crippen LogP contribution in [-0.2, 0) is 9.59 Å². The molecule has 0 unspecified atom stereocenters. The highest BCUT2D eigenvalue weighted by Gasteiger charge is 2.45. The third-order valence-electron chi connectivity index (χ3n) is 4.43. The Hall–Kier alpha value is -3.30. The van der Waals surface area contributed by atoms with Gasteiger partial charge in [0.05, 0.1) is 11.4 Å². The largest absolute Gasteiger partial charge is 0.491 e. The van der Waals surface area contributed by atoms with E-state index >= 15 is 0 Å². The first-order valence-corrected chi connectivity index (χ1v) is 9.50. The molecule has 32 heavy (non-hydrogen) atoms. The van der Waals surface area contributed by atoms with E-state index in [-0.39, 0.29) is 11.1 Å². The Morgan fingerprint density at radius 2 is 1.41 bits per heavy atom. The van der Waals surface area contributed by atoms with Crippen LogP contribution in [0.3, 0.4) is 0 Å². The van der Waals surface area contributed by atoms with E-state index in [2.05, 4.69) is 0 Å². The number of allylic oxidation sites excluding steroid dienone is 4. The third-order valence-corrected chi connectivity index (χ3v) is 4.43. The first-order valence-electron chi connectivity index (χ1n) is 9.50. The number of anilines is 2. The molecule has 0 bridgehead atoms. The summed E-state index contributed by atoms with van der Waals surface area (Å²) in [6.07, 6.45) is -1.34. The van der Waals surface area contributed by atoms with Gasteiger partial charge in [0.2, 0.25) is 0 Å². The smallest absolute Gasteiger partial charge is 0.268 e. The highest BCUT2D eigenvalue weighted by molar-refractivity contribution is 6.09. The lowest BCUT2D eigenvalue weighted by Crippen LogP contribution is -2.44. The normalized spacial score (nSPS) is 15.0. The first kappa shape index (κ1) is 25.0. The number of nitrogens with zero attached hydrogens (tertiary/aromatic N) is 2. The molecule has 1 aromatic carbocycles. The average molecular weight is 458 g/mol. The summed E-state index contributed by atoms with van der Waals surface area (Å²) in [6.45, 7) is 2.90. The topological polar surface area (TPSA) is 40.6 Å². The molecule has 10 heteroatoms. The minimum atomic E-state index is -5.13. The highest BCUT2D eigenvalue weighted by Crippen LogP contribution is 2.35. The van der Waals surface area contributed by atoms with Crippen molar-refractivity contribution in [3.05, 3.63) is 71.9 Å². The zero-order valence-electron chi connectivity index (χ0n) is 17.2. The lowest BCUT2D eigenvalue weighted by atomic mass is 10.1. The van der Waals surface area contributed by atoms with Crippen LogP contribution in [0.2, 0.25) is 0 Å². The Balaban J connectivity index is 2.47. The Bertz CT molecular complexity index is 917. The molecule has 1 aliphatic carbocycles. The van der Waals surface area contributed by atoms with Crippen LogP contribution in [0.5, 0.6) is 0 Å². The molecule has 0 aliphatic heterocycles. The molecule has 0 atom stereocenters. The van der Waals surface area contributed by atoms with Gasteiger partial charge in [-0.25, -0.2) is 9.80 Å². The number of hydrogen-bond donors (Lipinski definition) is 0. The Kier molecular flexibility index (Phi) is 7.71. The second kappa shape index (κ2) is 9.88. The van der Waals surface area contributed by atoms with Crippen LogP contribution in [-0.4, -0.2) is 24.4 Å². The molecule has 0 heterocycles. The van der Waals surface area contributed by atoms with Crippen molar-refractivity contribution in [1.29, 1.82) is 0 Å². The van der Waals surface area contributed by atoms with E-state index in [0.29, 0.717) is 37.1 Å². The number of hydrogen-bond acceptors (Lipinski definition) is 2. The molecule has 0 saturated carbocycles. The van der Waals surface area contributed by atoms with Crippen molar-refractivity contribution in [3.63, 3.8) is 0 Å². The number of carbonyl (C=O) groups excluding carboxylic acids is 2. The molecule has 0 N–H and O–H groups in total. The standard InChI is InChI=1S/C22H20F6N2O2/c1-3-8-15(4-2)19(31)29(21(23,24)25)17-11-13-18(14-12-17)30(22(26,27)28)20(32)16-9-6-5-7-10-16/h3-4,6,8-14H,5,7H2,1-2H3/b8-3-,15-4+. The Morgan fingerprint density at radius 3 is 1.81 bits per heavy atom. The van der Waals surface area contributed by atoms with Crippen molar-refractivity contribution in [2.24, 2.45) is 0 Å². The van der Waals surface area contributed by atoms with Gasteiger partial charge in [-0.3, -0.25) is 9.59 Å². The monoisotopic (exact) mass is 458 g/mol. The maximum atomic E-state index is 13.6. The number of alkyl halides is 6. The molecule has 172 valence electrons. The second-order valence-corrected chi connectivity index (χ2v) is 6.62. The predicted molar refractivity (Wildman–Crippen MR) is 109 cm³/mol. The molecule has 0 aromatic heterocycles. The maximum Gasteiger partial charge on any atom is 0.491 e. The highest BCUT2D eigenvalue weighted by atomic mass is 19.4. The van der Waals surface area contributed by atoms with Crippen LogP contribution >= 0.6 is 0 Å². The van der Waals surface area contributed by atoms with E-state index in [0.717, 1.165) is 0 Å². The van der Waals surface area contributed by atoms with Crippen LogP contribution in [0.15, 0.2) is 71.9 Å². The first-order chi connectivity index (χ1) is 14.9. The van der Waals surface area contributed by atoms with E-state index in [1.165, 1.54) is 44.2 Å². The summed E-state index contributed by atoms with van der Waals surface area (Å²) < 4.78 is 81.7. The summed E-state index contributed by atoms with van der Waals surface area (Å²) in [5, 5.41) is 0. The van der Waals surface area contributed by atoms with Gasteiger partial charge in [0, 0.05) is 11.1 Å². The van der Waals surface area contributed by atoms with Gasteiger partial charge >= 0.3 is 12.6 Å². The van der Waals surface area contributed by atoms with Crippen LogP contribution in [0.1, 0.15) is 26.7 Å². The molecule has 0 fully saturated rings. The van der Waals surface area contributed by atoms with E-state index in [1.54, 1.807) is 6.08 Å². The fourth-order valence-corrected chi connectivity index (χ4v) is 3.01. The van der Waals surface area contributed by atoms with Gasteiger partial charge in [-0.05, 0) is 51.0 Å². The minimum Gasteiger partial charge on any atom is -0.268 e. The van der Waals surface area contributed by atoms with Gasteiger partial charge < -0.3 is 0 Å². The van der Waals surface area contributed by atoms with Crippen molar-refractivity contribution in [2.75, 3.05) is 9.80 Å².